The number of benzene rings is 1. The van der Waals surface area contributed by atoms with Gasteiger partial charge in [-0.15, -0.1) is 11.3 Å². The van der Waals surface area contributed by atoms with E-state index in [1.165, 1.54) is 16.9 Å². The van der Waals surface area contributed by atoms with E-state index in [1.54, 1.807) is 0 Å². The minimum absolute atomic E-state index is 0.108. The summed E-state index contributed by atoms with van der Waals surface area (Å²) in [7, 11) is 0. The van der Waals surface area contributed by atoms with Crippen LogP contribution in [0.4, 0.5) is 5.69 Å². The molecule has 4 nitrogen and oxygen atoms in total. The standard InChI is InChI=1S/C16H20N2O2S/c1-10-4-5-11-12(8-10)21-14(13(11)17)15(19)18-9-16(2)6-3-7-20-16/h4-5,8H,3,6-7,9,17H2,1-2H3,(H,18,19). The van der Waals surface area contributed by atoms with E-state index in [-0.39, 0.29) is 11.5 Å². The summed E-state index contributed by atoms with van der Waals surface area (Å²) in [6, 6.07) is 6.06. The third-order valence-corrected chi connectivity index (χ3v) is 5.18. The number of nitrogen functional groups attached to an aromatic ring is 1. The average molecular weight is 304 g/mol. The van der Waals surface area contributed by atoms with Crippen molar-refractivity contribution in [2.24, 2.45) is 0 Å². The van der Waals surface area contributed by atoms with Gasteiger partial charge in [-0.2, -0.15) is 0 Å². The number of hydrogen-bond donors (Lipinski definition) is 2. The zero-order valence-corrected chi connectivity index (χ0v) is 13.2. The second kappa shape index (κ2) is 5.31. The minimum atomic E-state index is -0.238. The lowest BCUT2D eigenvalue weighted by atomic mass is 10.0. The maximum atomic E-state index is 12.4. The Morgan fingerprint density at radius 2 is 2.33 bits per heavy atom. The van der Waals surface area contributed by atoms with Gasteiger partial charge in [0.2, 0.25) is 0 Å². The smallest absolute Gasteiger partial charge is 0.263 e. The van der Waals surface area contributed by atoms with Crippen molar-refractivity contribution >= 4 is 33.0 Å². The number of amides is 1. The molecule has 1 aliphatic heterocycles. The summed E-state index contributed by atoms with van der Waals surface area (Å²) < 4.78 is 6.75. The predicted molar refractivity (Wildman–Crippen MR) is 86.9 cm³/mol. The van der Waals surface area contributed by atoms with E-state index in [2.05, 4.69) is 11.4 Å². The molecule has 1 aliphatic rings. The van der Waals surface area contributed by atoms with Gasteiger partial charge >= 0.3 is 0 Å². The van der Waals surface area contributed by atoms with Crippen LogP contribution in [0.15, 0.2) is 18.2 Å². The summed E-state index contributed by atoms with van der Waals surface area (Å²) in [6.07, 6.45) is 2.03. The maximum absolute atomic E-state index is 12.4. The topological polar surface area (TPSA) is 64.4 Å². The Hall–Kier alpha value is -1.59. The van der Waals surface area contributed by atoms with Crippen LogP contribution in [0, 0.1) is 6.92 Å². The fourth-order valence-electron chi connectivity index (χ4n) is 2.72. The Morgan fingerprint density at radius 3 is 3.05 bits per heavy atom. The number of nitrogens with two attached hydrogens (primary N) is 1. The number of thiophene rings is 1. The molecule has 1 amide bonds. The van der Waals surface area contributed by atoms with Gasteiger partial charge in [-0.25, -0.2) is 0 Å². The molecular formula is C16H20N2O2S. The number of nitrogens with one attached hydrogen (secondary N) is 1. The van der Waals surface area contributed by atoms with E-state index in [0.717, 1.165) is 29.5 Å². The van der Waals surface area contributed by atoms with Crippen molar-refractivity contribution in [2.75, 3.05) is 18.9 Å². The molecule has 21 heavy (non-hydrogen) atoms. The lowest BCUT2D eigenvalue weighted by Crippen LogP contribution is -2.40. The zero-order chi connectivity index (χ0) is 15.0. The summed E-state index contributed by atoms with van der Waals surface area (Å²) >= 11 is 1.45. The van der Waals surface area contributed by atoms with Crippen LogP contribution < -0.4 is 11.1 Å². The van der Waals surface area contributed by atoms with Gasteiger partial charge in [0.05, 0.1) is 11.3 Å². The molecule has 0 saturated carbocycles. The number of hydrogen-bond acceptors (Lipinski definition) is 4. The lowest BCUT2D eigenvalue weighted by molar-refractivity contribution is 0.0206. The lowest BCUT2D eigenvalue weighted by Gasteiger charge is -2.23. The molecule has 2 heterocycles. The van der Waals surface area contributed by atoms with Gasteiger partial charge in [0.25, 0.3) is 5.91 Å². The van der Waals surface area contributed by atoms with Crippen molar-refractivity contribution in [3.8, 4) is 0 Å². The molecule has 1 saturated heterocycles. The summed E-state index contributed by atoms with van der Waals surface area (Å²) in [4.78, 5) is 13.0. The number of fused-ring (bicyclic) bond motifs is 1. The van der Waals surface area contributed by atoms with E-state index in [1.807, 2.05) is 26.0 Å². The minimum Gasteiger partial charge on any atom is -0.397 e. The molecule has 1 fully saturated rings. The first-order valence-corrected chi connectivity index (χ1v) is 8.01. The number of ether oxygens (including phenoxy) is 1. The molecule has 1 aromatic heterocycles. The van der Waals surface area contributed by atoms with Crippen molar-refractivity contribution in [3.05, 3.63) is 28.6 Å². The van der Waals surface area contributed by atoms with Gasteiger partial charge in [0.1, 0.15) is 4.88 Å². The largest absolute Gasteiger partial charge is 0.397 e. The molecule has 5 heteroatoms. The molecule has 1 aromatic carbocycles. The van der Waals surface area contributed by atoms with E-state index in [0.29, 0.717) is 17.1 Å². The van der Waals surface area contributed by atoms with E-state index in [9.17, 15) is 4.79 Å². The predicted octanol–water partition coefficient (Wildman–Crippen LogP) is 3.09. The first-order valence-electron chi connectivity index (χ1n) is 7.19. The summed E-state index contributed by atoms with van der Waals surface area (Å²) in [5.41, 5.74) is 7.63. The van der Waals surface area contributed by atoms with Gasteiger partial charge in [0.15, 0.2) is 0 Å². The van der Waals surface area contributed by atoms with Crippen LogP contribution in [0.1, 0.15) is 35.0 Å². The highest BCUT2D eigenvalue weighted by Gasteiger charge is 2.30. The van der Waals surface area contributed by atoms with Crippen LogP contribution in [0.5, 0.6) is 0 Å². The van der Waals surface area contributed by atoms with Gasteiger partial charge in [-0.1, -0.05) is 12.1 Å². The molecule has 0 bridgehead atoms. The number of rotatable bonds is 3. The number of carbonyl (C=O) groups excluding carboxylic acids is 1. The van der Waals surface area contributed by atoms with Crippen LogP contribution in [0.2, 0.25) is 0 Å². The van der Waals surface area contributed by atoms with Crippen LogP contribution in [-0.4, -0.2) is 24.7 Å². The molecule has 2 aromatic rings. The molecule has 1 unspecified atom stereocenters. The van der Waals surface area contributed by atoms with Gasteiger partial charge in [0, 0.05) is 23.2 Å². The second-order valence-corrected chi connectivity index (χ2v) is 6.98. The highest BCUT2D eigenvalue weighted by atomic mass is 32.1. The average Bonchev–Trinajstić information content (AvgIpc) is 3.01. The normalized spacial score (nSPS) is 21.8. The SMILES string of the molecule is Cc1ccc2c(N)c(C(=O)NCC3(C)CCCO3)sc2c1. The van der Waals surface area contributed by atoms with Gasteiger partial charge in [-0.3, -0.25) is 4.79 Å². The molecule has 112 valence electrons. The first-order chi connectivity index (χ1) is 9.98. The Labute approximate surface area is 128 Å². The monoisotopic (exact) mass is 304 g/mol. The molecule has 3 rings (SSSR count). The van der Waals surface area contributed by atoms with Crippen LogP contribution in [-0.2, 0) is 4.74 Å². The summed E-state index contributed by atoms with van der Waals surface area (Å²) in [5.74, 6) is -0.108. The molecule has 0 radical (unpaired) electrons. The maximum Gasteiger partial charge on any atom is 0.263 e. The van der Waals surface area contributed by atoms with Crippen LogP contribution >= 0.6 is 11.3 Å². The van der Waals surface area contributed by atoms with Crippen LogP contribution in [0.3, 0.4) is 0 Å². The number of aryl methyl sites for hydroxylation is 1. The highest BCUT2D eigenvalue weighted by Crippen LogP contribution is 2.34. The van der Waals surface area contributed by atoms with Gasteiger partial charge < -0.3 is 15.8 Å². The summed E-state index contributed by atoms with van der Waals surface area (Å²) in [5, 5.41) is 3.92. The Kier molecular flexibility index (Phi) is 3.63. The molecule has 0 spiro atoms. The second-order valence-electron chi connectivity index (χ2n) is 5.93. The molecule has 0 aliphatic carbocycles. The Bertz CT molecular complexity index is 687. The fourth-order valence-corrected chi connectivity index (χ4v) is 3.85. The third kappa shape index (κ3) is 2.76. The van der Waals surface area contributed by atoms with Crippen molar-refractivity contribution in [3.63, 3.8) is 0 Å². The van der Waals surface area contributed by atoms with Crippen molar-refractivity contribution in [2.45, 2.75) is 32.3 Å². The third-order valence-electron chi connectivity index (χ3n) is 4.01. The molecule has 1 atom stereocenters. The first kappa shape index (κ1) is 14.4. The van der Waals surface area contributed by atoms with E-state index < -0.39 is 0 Å². The number of carbonyl (C=O) groups is 1. The quantitative estimate of drug-likeness (QED) is 0.916. The summed E-state index contributed by atoms with van der Waals surface area (Å²) in [6.45, 7) is 5.38. The molecular weight excluding hydrogens is 284 g/mol. The number of anilines is 1. The van der Waals surface area contributed by atoms with Crippen molar-refractivity contribution in [1.29, 1.82) is 0 Å². The fraction of sp³-hybridized carbons (Fsp3) is 0.438. The zero-order valence-electron chi connectivity index (χ0n) is 12.4. The Balaban J connectivity index is 1.79. The highest BCUT2D eigenvalue weighted by molar-refractivity contribution is 7.21. The van der Waals surface area contributed by atoms with Gasteiger partial charge in [-0.05, 0) is 38.3 Å². The van der Waals surface area contributed by atoms with Crippen LogP contribution in [0.25, 0.3) is 10.1 Å². The van der Waals surface area contributed by atoms with E-state index in [4.69, 9.17) is 10.5 Å². The van der Waals surface area contributed by atoms with Crippen molar-refractivity contribution in [1.82, 2.24) is 5.32 Å². The van der Waals surface area contributed by atoms with E-state index >= 15 is 0 Å². The Morgan fingerprint density at radius 1 is 1.52 bits per heavy atom. The molecule has 3 N–H and O–H groups in total. The van der Waals surface area contributed by atoms with Crippen molar-refractivity contribution < 1.29 is 9.53 Å².